The van der Waals surface area contributed by atoms with E-state index in [-0.39, 0.29) is 55.4 Å². The maximum absolute atomic E-state index is 13.0. The number of sulfonamides is 1. The van der Waals surface area contributed by atoms with Gasteiger partial charge in [0.2, 0.25) is 15.9 Å². The highest BCUT2D eigenvalue weighted by molar-refractivity contribution is 7.89. The van der Waals surface area contributed by atoms with Crippen LogP contribution in [-0.2, 0) is 19.6 Å². The molecule has 3 aliphatic rings. The highest BCUT2D eigenvalue weighted by atomic mass is 32.2. The zero-order valence-electron chi connectivity index (χ0n) is 19.4. The molecule has 1 aromatic rings. The molecule has 4 amide bonds. The Kier molecular flexibility index (Phi) is 6.26. The molecule has 1 aliphatic carbocycles. The molecule has 1 N–H and O–H groups in total. The summed E-state index contributed by atoms with van der Waals surface area (Å²) in [6.07, 6.45) is 2.76. The highest BCUT2D eigenvalue weighted by Gasteiger charge is 2.56. The molecule has 9 nitrogen and oxygen atoms in total. The summed E-state index contributed by atoms with van der Waals surface area (Å²) in [6.45, 7) is 6.35. The SMILES string of the molecule is CC[C@H](C)c1ccc(S(=O)(=O)N2CCN(C(=O)CN3C(=O)N[C@@](C)(C4CC4)C3=O)CC2)cc1. The monoisotopic (exact) mass is 476 g/mol. The number of benzene rings is 1. The molecule has 180 valence electrons. The molecule has 2 saturated heterocycles. The van der Waals surface area contributed by atoms with Crippen LogP contribution in [0.1, 0.15) is 51.5 Å². The van der Waals surface area contributed by atoms with E-state index in [0.29, 0.717) is 5.92 Å². The van der Waals surface area contributed by atoms with E-state index in [0.717, 1.165) is 29.7 Å². The minimum Gasteiger partial charge on any atom is -0.338 e. The lowest BCUT2D eigenvalue weighted by Crippen LogP contribution is -2.53. The van der Waals surface area contributed by atoms with Crippen molar-refractivity contribution < 1.29 is 22.8 Å². The first-order valence-corrected chi connectivity index (χ1v) is 13.0. The van der Waals surface area contributed by atoms with Crippen LogP contribution < -0.4 is 5.32 Å². The molecule has 0 radical (unpaired) electrons. The van der Waals surface area contributed by atoms with Gasteiger partial charge in [0.15, 0.2) is 0 Å². The van der Waals surface area contributed by atoms with E-state index in [9.17, 15) is 22.8 Å². The van der Waals surface area contributed by atoms with Gasteiger partial charge in [0.05, 0.1) is 4.90 Å². The molecule has 1 aromatic carbocycles. The molecule has 1 saturated carbocycles. The highest BCUT2D eigenvalue weighted by Crippen LogP contribution is 2.42. The molecule has 33 heavy (non-hydrogen) atoms. The van der Waals surface area contributed by atoms with E-state index in [1.165, 1.54) is 9.21 Å². The number of amides is 4. The number of hydrogen-bond acceptors (Lipinski definition) is 5. The zero-order valence-corrected chi connectivity index (χ0v) is 20.2. The van der Waals surface area contributed by atoms with Gasteiger partial charge in [0.1, 0.15) is 12.1 Å². The normalized spacial score (nSPS) is 25.3. The molecule has 0 unspecified atom stereocenters. The second-order valence-electron chi connectivity index (χ2n) is 9.46. The van der Waals surface area contributed by atoms with Gasteiger partial charge in [-0.05, 0) is 55.7 Å². The van der Waals surface area contributed by atoms with E-state index >= 15 is 0 Å². The molecule has 2 atom stereocenters. The Morgan fingerprint density at radius 2 is 1.73 bits per heavy atom. The Hall–Kier alpha value is -2.46. The second-order valence-corrected chi connectivity index (χ2v) is 11.4. The predicted molar refractivity (Wildman–Crippen MR) is 122 cm³/mol. The van der Waals surface area contributed by atoms with Crippen LogP contribution in [0, 0.1) is 5.92 Å². The van der Waals surface area contributed by atoms with Gasteiger partial charge in [0, 0.05) is 26.2 Å². The van der Waals surface area contributed by atoms with Crippen molar-refractivity contribution in [2.45, 2.75) is 56.4 Å². The predicted octanol–water partition coefficient (Wildman–Crippen LogP) is 1.75. The molecule has 2 heterocycles. The van der Waals surface area contributed by atoms with Crippen molar-refractivity contribution in [3.63, 3.8) is 0 Å². The zero-order chi connectivity index (χ0) is 24.0. The maximum Gasteiger partial charge on any atom is 0.325 e. The summed E-state index contributed by atoms with van der Waals surface area (Å²) in [5.41, 5.74) is 0.180. The standard InChI is InChI=1S/C23H32N4O5S/c1-4-16(2)17-5-9-19(10-6-17)33(31,32)26-13-11-25(12-14-26)20(28)15-27-21(29)23(3,18-7-8-18)24-22(27)30/h5-6,9-10,16,18H,4,7-8,11-15H2,1-3H3,(H,24,30)/t16-,23-/m0/s1. The van der Waals surface area contributed by atoms with Gasteiger partial charge in [0.25, 0.3) is 5.91 Å². The summed E-state index contributed by atoms with van der Waals surface area (Å²) in [7, 11) is -3.65. The van der Waals surface area contributed by atoms with Crippen LogP contribution in [0.4, 0.5) is 4.79 Å². The van der Waals surface area contributed by atoms with E-state index in [1.807, 2.05) is 12.1 Å². The largest absolute Gasteiger partial charge is 0.338 e. The van der Waals surface area contributed by atoms with Crippen LogP contribution in [0.5, 0.6) is 0 Å². The van der Waals surface area contributed by atoms with Gasteiger partial charge < -0.3 is 10.2 Å². The first-order chi connectivity index (χ1) is 15.6. The third-order valence-corrected chi connectivity index (χ3v) is 9.19. The Labute approximate surface area is 195 Å². The van der Waals surface area contributed by atoms with Crippen molar-refractivity contribution in [2.75, 3.05) is 32.7 Å². The topological polar surface area (TPSA) is 107 Å². The first-order valence-electron chi connectivity index (χ1n) is 11.6. The molecular weight excluding hydrogens is 444 g/mol. The Morgan fingerprint density at radius 3 is 2.27 bits per heavy atom. The smallest absolute Gasteiger partial charge is 0.325 e. The molecular formula is C23H32N4O5S. The second kappa shape index (κ2) is 8.72. The number of piperazine rings is 1. The van der Waals surface area contributed by atoms with Crippen molar-refractivity contribution in [1.82, 2.24) is 19.4 Å². The molecule has 2 aliphatic heterocycles. The Morgan fingerprint density at radius 1 is 1.12 bits per heavy atom. The van der Waals surface area contributed by atoms with Gasteiger partial charge in [-0.25, -0.2) is 13.2 Å². The molecule has 0 aromatic heterocycles. The van der Waals surface area contributed by atoms with Crippen molar-refractivity contribution >= 4 is 27.9 Å². The third kappa shape index (κ3) is 4.38. The van der Waals surface area contributed by atoms with E-state index in [4.69, 9.17) is 0 Å². The first kappa shape index (κ1) is 23.7. The van der Waals surface area contributed by atoms with Crippen LogP contribution in [0.2, 0.25) is 0 Å². The van der Waals surface area contributed by atoms with Gasteiger partial charge in [-0.2, -0.15) is 4.31 Å². The summed E-state index contributed by atoms with van der Waals surface area (Å²) in [6, 6.07) is 6.46. The van der Waals surface area contributed by atoms with Crippen LogP contribution in [0.15, 0.2) is 29.2 Å². The van der Waals surface area contributed by atoms with Crippen molar-refractivity contribution in [2.24, 2.45) is 5.92 Å². The summed E-state index contributed by atoms with van der Waals surface area (Å²) in [5.74, 6) is -0.219. The Balaban J connectivity index is 1.35. The maximum atomic E-state index is 13.0. The fourth-order valence-corrected chi connectivity index (χ4v) is 5.99. The van der Waals surface area contributed by atoms with Crippen LogP contribution >= 0.6 is 0 Å². The van der Waals surface area contributed by atoms with Gasteiger partial charge in [-0.3, -0.25) is 14.5 Å². The lowest BCUT2D eigenvalue weighted by Gasteiger charge is -2.34. The van der Waals surface area contributed by atoms with Gasteiger partial charge in [-0.1, -0.05) is 26.0 Å². The quantitative estimate of drug-likeness (QED) is 0.604. The Bertz CT molecular complexity index is 1050. The average Bonchev–Trinajstić information content (AvgIpc) is 3.64. The summed E-state index contributed by atoms with van der Waals surface area (Å²) < 4.78 is 27.5. The van der Waals surface area contributed by atoms with Crippen LogP contribution in [0.25, 0.3) is 0 Å². The number of nitrogens with one attached hydrogen (secondary N) is 1. The number of carbonyl (C=O) groups is 3. The summed E-state index contributed by atoms with van der Waals surface area (Å²) in [5, 5.41) is 2.74. The van der Waals surface area contributed by atoms with Crippen LogP contribution in [0.3, 0.4) is 0 Å². The minimum atomic E-state index is -3.65. The van der Waals surface area contributed by atoms with Gasteiger partial charge in [-0.15, -0.1) is 0 Å². The van der Waals surface area contributed by atoms with Crippen molar-refractivity contribution in [3.8, 4) is 0 Å². The molecule has 4 rings (SSSR count). The lowest BCUT2D eigenvalue weighted by atomic mass is 9.96. The molecule has 0 spiro atoms. The number of hydrogen-bond donors (Lipinski definition) is 1. The van der Waals surface area contributed by atoms with Gasteiger partial charge >= 0.3 is 6.03 Å². The molecule has 3 fully saturated rings. The van der Waals surface area contributed by atoms with E-state index < -0.39 is 21.6 Å². The number of rotatable bonds is 7. The number of urea groups is 1. The van der Waals surface area contributed by atoms with Crippen molar-refractivity contribution in [1.29, 1.82) is 0 Å². The van der Waals surface area contributed by atoms with E-state index in [1.54, 1.807) is 19.1 Å². The third-order valence-electron chi connectivity index (χ3n) is 7.28. The number of carbonyl (C=O) groups excluding carboxylic acids is 3. The van der Waals surface area contributed by atoms with E-state index in [2.05, 4.69) is 19.2 Å². The minimum absolute atomic E-state index is 0.127. The number of nitrogens with zero attached hydrogens (tertiary/aromatic N) is 3. The summed E-state index contributed by atoms with van der Waals surface area (Å²) >= 11 is 0. The summed E-state index contributed by atoms with van der Waals surface area (Å²) in [4.78, 5) is 40.6. The fourth-order valence-electron chi connectivity index (χ4n) is 4.56. The average molecular weight is 477 g/mol. The fraction of sp³-hybridized carbons (Fsp3) is 0.609. The van der Waals surface area contributed by atoms with Crippen molar-refractivity contribution in [3.05, 3.63) is 29.8 Å². The lowest BCUT2D eigenvalue weighted by molar-refractivity contribution is -0.139. The molecule has 10 heteroatoms. The van der Waals surface area contributed by atoms with Crippen LogP contribution in [-0.4, -0.2) is 78.6 Å². The molecule has 0 bridgehead atoms. The number of imide groups is 1.